The van der Waals surface area contributed by atoms with Crippen LogP contribution in [0.4, 0.5) is 11.5 Å². The molecule has 0 unspecified atom stereocenters. The lowest BCUT2D eigenvalue weighted by Gasteiger charge is -2.13. The molecule has 1 aromatic heterocycles. The maximum absolute atomic E-state index is 12.3. The highest BCUT2D eigenvalue weighted by molar-refractivity contribution is 5.92. The molecule has 1 aromatic carbocycles. The highest BCUT2D eigenvalue weighted by Gasteiger charge is 2.10. The summed E-state index contributed by atoms with van der Waals surface area (Å²) in [6.07, 6.45) is 9.52. The molecule has 0 saturated carbocycles. The van der Waals surface area contributed by atoms with Gasteiger partial charge in [0.25, 0.3) is 5.91 Å². The van der Waals surface area contributed by atoms with Crippen molar-refractivity contribution in [1.82, 2.24) is 15.3 Å². The van der Waals surface area contributed by atoms with Crippen LogP contribution in [0, 0.1) is 6.92 Å². The molecule has 0 aliphatic heterocycles. The molecule has 0 fully saturated rings. The first-order chi connectivity index (χ1) is 12.2. The Labute approximate surface area is 148 Å². The zero-order chi connectivity index (χ0) is 17.5. The van der Waals surface area contributed by atoms with Crippen molar-refractivity contribution in [2.75, 3.05) is 11.9 Å². The molecule has 130 valence electrons. The summed E-state index contributed by atoms with van der Waals surface area (Å²) >= 11 is 0. The number of rotatable bonds is 6. The van der Waals surface area contributed by atoms with E-state index in [0.717, 1.165) is 24.1 Å². The molecule has 0 bridgehead atoms. The van der Waals surface area contributed by atoms with Crippen LogP contribution in [0.15, 0.2) is 48.3 Å². The fourth-order valence-electron chi connectivity index (χ4n) is 2.98. The van der Waals surface area contributed by atoms with Gasteiger partial charge >= 0.3 is 0 Å². The Morgan fingerprint density at radius 1 is 1.20 bits per heavy atom. The van der Waals surface area contributed by atoms with E-state index in [1.165, 1.54) is 31.2 Å². The first kappa shape index (κ1) is 17.1. The summed E-state index contributed by atoms with van der Waals surface area (Å²) in [6, 6.07) is 9.68. The number of carbonyl (C=O) groups excluding carboxylic acids is 1. The van der Waals surface area contributed by atoms with Gasteiger partial charge in [0.15, 0.2) is 0 Å². The van der Waals surface area contributed by atoms with Gasteiger partial charge in [0.1, 0.15) is 17.8 Å². The van der Waals surface area contributed by atoms with Crippen LogP contribution >= 0.6 is 0 Å². The molecule has 0 atom stereocenters. The Kier molecular flexibility index (Phi) is 5.77. The molecule has 2 aromatic rings. The topological polar surface area (TPSA) is 66.9 Å². The predicted octanol–water partition coefficient (Wildman–Crippen LogP) is 4.15. The van der Waals surface area contributed by atoms with Gasteiger partial charge < -0.3 is 10.6 Å². The number of benzene rings is 1. The third-order valence-corrected chi connectivity index (χ3v) is 4.31. The molecule has 1 amide bonds. The Morgan fingerprint density at radius 2 is 2.12 bits per heavy atom. The molecule has 0 spiro atoms. The number of amides is 1. The molecular formula is C20H24N4O. The van der Waals surface area contributed by atoms with Gasteiger partial charge in [-0.25, -0.2) is 9.97 Å². The summed E-state index contributed by atoms with van der Waals surface area (Å²) in [5.41, 5.74) is 3.93. The number of allylic oxidation sites excluding steroid dienone is 1. The Bertz CT molecular complexity index is 770. The molecule has 1 aliphatic carbocycles. The molecule has 2 N–H and O–H groups in total. The minimum Gasteiger partial charge on any atom is -0.350 e. The van der Waals surface area contributed by atoms with Crippen molar-refractivity contribution in [1.29, 1.82) is 0 Å². The van der Waals surface area contributed by atoms with E-state index in [2.05, 4.69) is 26.7 Å². The average Bonchev–Trinajstić information content (AvgIpc) is 2.63. The van der Waals surface area contributed by atoms with Crippen molar-refractivity contribution >= 4 is 17.4 Å². The van der Waals surface area contributed by atoms with Crippen molar-refractivity contribution < 1.29 is 4.79 Å². The highest BCUT2D eigenvalue weighted by atomic mass is 16.1. The lowest BCUT2D eigenvalue weighted by Crippen LogP contribution is -2.26. The van der Waals surface area contributed by atoms with Crippen LogP contribution in [0.2, 0.25) is 0 Å². The first-order valence-corrected chi connectivity index (χ1v) is 8.82. The molecule has 5 heteroatoms. The van der Waals surface area contributed by atoms with E-state index in [9.17, 15) is 4.79 Å². The fraction of sp³-hybridized carbons (Fsp3) is 0.350. The zero-order valence-electron chi connectivity index (χ0n) is 14.6. The van der Waals surface area contributed by atoms with E-state index in [1.807, 2.05) is 31.2 Å². The molecule has 5 nitrogen and oxygen atoms in total. The van der Waals surface area contributed by atoms with Crippen molar-refractivity contribution in [3.8, 4) is 0 Å². The lowest BCUT2D eigenvalue weighted by molar-refractivity contribution is 0.0949. The molecule has 3 rings (SSSR count). The smallest absolute Gasteiger partial charge is 0.270 e. The quantitative estimate of drug-likeness (QED) is 0.778. The monoisotopic (exact) mass is 336 g/mol. The largest absolute Gasteiger partial charge is 0.350 e. The molecule has 1 heterocycles. The SMILES string of the molecule is Cc1cccc(Nc2cc(C(=O)NCCC3=CCCCC3)ncn2)c1. The van der Waals surface area contributed by atoms with Crippen molar-refractivity contribution in [2.45, 2.75) is 39.0 Å². The van der Waals surface area contributed by atoms with Crippen molar-refractivity contribution in [3.63, 3.8) is 0 Å². The predicted molar refractivity (Wildman–Crippen MR) is 100.0 cm³/mol. The lowest BCUT2D eigenvalue weighted by atomic mass is 9.97. The fourth-order valence-corrected chi connectivity index (χ4v) is 2.98. The van der Waals surface area contributed by atoms with Crippen LogP contribution in [0.1, 0.15) is 48.2 Å². The first-order valence-electron chi connectivity index (χ1n) is 8.82. The van der Waals surface area contributed by atoms with E-state index in [0.29, 0.717) is 18.1 Å². The number of nitrogens with one attached hydrogen (secondary N) is 2. The van der Waals surface area contributed by atoms with E-state index >= 15 is 0 Å². The van der Waals surface area contributed by atoms with Crippen molar-refractivity contribution in [3.05, 3.63) is 59.6 Å². The number of anilines is 2. The summed E-state index contributed by atoms with van der Waals surface area (Å²) < 4.78 is 0. The summed E-state index contributed by atoms with van der Waals surface area (Å²) in [5, 5.41) is 6.16. The second kappa shape index (κ2) is 8.42. The van der Waals surface area contributed by atoms with E-state index < -0.39 is 0 Å². The second-order valence-corrected chi connectivity index (χ2v) is 6.40. The summed E-state index contributed by atoms with van der Waals surface area (Å²) in [7, 11) is 0. The average molecular weight is 336 g/mol. The Morgan fingerprint density at radius 3 is 2.92 bits per heavy atom. The maximum atomic E-state index is 12.3. The van der Waals surface area contributed by atoms with Crippen LogP contribution in [0.5, 0.6) is 0 Å². The minimum absolute atomic E-state index is 0.161. The molecule has 1 aliphatic rings. The maximum Gasteiger partial charge on any atom is 0.270 e. The van der Waals surface area contributed by atoms with Crippen molar-refractivity contribution in [2.24, 2.45) is 0 Å². The zero-order valence-corrected chi connectivity index (χ0v) is 14.6. The number of aryl methyl sites for hydroxylation is 1. The number of hydrogen-bond donors (Lipinski definition) is 2. The Balaban J connectivity index is 1.56. The van der Waals surface area contributed by atoms with Crippen LogP contribution in [0.25, 0.3) is 0 Å². The minimum atomic E-state index is -0.161. The van der Waals surface area contributed by atoms with Crippen LogP contribution in [-0.2, 0) is 0 Å². The van der Waals surface area contributed by atoms with Gasteiger partial charge in [0.2, 0.25) is 0 Å². The second-order valence-electron chi connectivity index (χ2n) is 6.40. The third kappa shape index (κ3) is 5.14. The van der Waals surface area contributed by atoms with E-state index in [-0.39, 0.29) is 5.91 Å². The van der Waals surface area contributed by atoms with Gasteiger partial charge in [0.05, 0.1) is 0 Å². The Hall–Kier alpha value is -2.69. The van der Waals surface area contributed by atoms with E-state index in [4.69, 9.17) is 0 Å². The highest BCUT2D eigenvalue weighted by Crippen LogP contribution is 2.19. The van der Waals surface area contributed by atoms with Gasteiger partial charge in [-0.1, -0.05) is 23.8 Å². The van der Waals surface area contributed by atoms with Crippen LogP contribution < -0.4 is 10.6 Å². The standard InChI is InChI=1S/C20H24N4O/c1-15-6-5-9-17(12-15)24-19-13-18(22-14-23-19)20(25)21-11-10-16-7-3-2-4-8-16/h5-7,9,12-14H,2-4,8,10-11H2,1H3,(H,21,25)(H,22,23,24). The van der Waals surface area contributed by atoms with Crippen LogP contribution in [0.3, 0.4) is 0 Å². The summed E-state index contributed by atoms with van der Waals surface area (Å²) in [4.78, 5) is 20.6. The number of nitrogens with zero attached hydrogens (tertiary/aromatic N) is 2. The van der Waals surface area contributed by atoms with Gasteiger partial charge in [-0.3, -0.25) is 4.79 Å². The molecular weight excluding hydrogens is 312 g/mol. The normalized spacial score (nSPS) is 13.9. The number of hydrogen-bond acceptors (Lipinski definition) is 4. The van der Waals surface area contributed by atoms with Crippen LogP contribution in [-0.4, -0.2) is 22.4 Å². The van der Waals surface area contributed by atoms with E-state index in [1.54, 1.807) is 6.07 Å². The van der Waals surface area contributed by atoms with Gasteiger partial charge in [-0.2, -0.15) is 0 Å². The van der Waals surface area contributed by atoms with Gasteiger partial charge in [0, 0.05) is 18.3 Å². The molecule has 0 radical (unpaired) electrons. The molecule has 0 saturated heterocycles. The van der Waals surface area contributed by atoms with Gasteiger partial charge in [-0.15, -0.1) is 0 Å². The summed E-state index contributed by atoms with van der Waals surface area (Å²) in [5.74, 6) is 0.451. The number of carbonyl (C=O) groups is 1. The number of aromatic nitrogens is 2. The third-order valence-electron chi connectivity index (χ3n) is 4.31. The van der Waals surface area contributed by atoms with Gasteiger partial charge in [-0.05, 0) is 56.7 Å². The summed E-state index contributed by atoms with van der Waals surface area (Å²) in [6.45, 7) is 2.68. The molecule has 25 heavy (non-hydrogen) atoms.